The van der Waals surface area contributed by atoms with Crippen molar-refractivity contribution in [3.63, 3.8) is 0 Å². The molecule has 0 N–H and O–H groups in total. The van der Waals surface area contributed by atoms with Crippen molar-refractivity contribution in [2.75, 3.05) is 0 Å². The Hall–Kier alpha value is -7.39. The summed E-state index contributed by atoms with van der Waals surface area (Å²) in [6, 6.07) is 57.8. The van der Waals surface area contributed by atoms with Gasteiger partial charge >= 0.3 is 0 Å². The third kappa shape index (κ3) is 4.31. The molecule has 0 unspecified atom stereocenters. The summed E-state index contributed by atoms with van der Waals surface area (Å²) < 4.78 is 4.40. The molecule has 5 heteroatoms. The highest BCUT2D eigenvalue weighted by Gasteiger charge is 2.20. The van der Waals surface area contributed by atoms with Gasteiger partial charge in [-0.1, -0.05) is 84.9 Å². The van der Waals surface area contributed by atoms with E-state index in [0.717, 1.165) is 77.2 Å². The van der Waals surface area contributed by atoms with Gasteiger partial charge in [0, 0.05) is 32.8 Å². The highest BCUT2D eigenvalue weighted by atomic mass is 15.0. The van der Waals surface area contributed by atoms with E-state index in [2.05, 4.69) is 106 Å². The molecular formula is C45H25N5. The Morgan fingerprint density at radius 2 is 1.08 bits per heavy atom. The lowest BCUT2D eigenvalue weighted by Crippen LogP contribution is -1.97. The van der Waals surface area contributed by atoms with Gasteiger partial charge in [0.25, 0.3) is 0 Å². The molecule has 0 atom stereocenters. The van der Waals surface area contributed by atoms with Gasteiger partial charge in [-0.15, -0.1) is 0 Å². The van der Waals surface area contributed by atoms with Gasteiger partial charge < -0.3 is 9.13 Å². The lowest BCUT2D eigenvalue weighted by molar-refractivity contribution is 1.17. The van der Waals surface area contributed by atoms with Crippen molar-refractivity contribution in [3.05, 3.63) is 168 Å². The summed E-state index contributed by atoms with van der Waals surface area (Å²) in [5.74, 6) is 0. The van der Waals surface area contributed by atoms with E-state index < -0.39 is 0 Å². The van der Waals surface area contributed by atoms with Gasteiger partial charge in [-0.2, -0.15) is 15.8 Å². The van der Waals surface area contributed by atoms with Crippen LogP contribution >= 0.6 is 0 Å². The molecule has 50 heavy (non-hydrogen) atoms. The van der Waals surface area contributed by atoms with Crippen LogP contribution in [0.5, 0.6) is 0 Å². The molecular weight excluding hydrogens is 611 g/mol. The highest BCUT2D eigenvalue weighted by molar-refractivity contribution is 6.17. The minimum atomic E-state index is 0.579. The smallest absolute Gasteiger partial charge is 0.101 e. The Morgan fingerprint density at radius 1 is 0.420 bits per heavy atom. The van der Waals surface area contributed by atoms with Crippen LogP contribution in [-0.2, 0) is 0 Å². The number of rotatable bonds is 4. The molecule has 0 saturated carbocycles. The van der Waals surface area contributed by atoms with Gasteiger partial charge in [-0.3, -0.25) is 0 Å². The number of benzene rings is 7. The van der Waals surface area contributed by atoms with Crippen LogP contribution < -0.4 is 0 Å². The molecule has 9 rings (SSSR count). The van der Waals surface area contributed by atoms with Crippen molar-refractivity contribution in [3.8, 4) is 51.8 Å². The molecule has 0 saturated heterocycles. The molecule has 2 heterocycles. The highest BCUT2D eigenvalue weighted by Crippen LogP contribution is 2.42. The third-order valence-corrected chi connectivity index (χ3v) is 9.60. The normalized spacial score (nSPS) is 11.1. The first kappa shape index (κ1) is 28.8. The maximum Gasteiger partial charge on any atom is 0.101 e. The molecule has 0 bridgehead atoms. The second-order valence-corrected chi connectivity index (χ2v) is 12.3. The molecule has 0 aliphatic heterocycles. The van der Waals surface area contributed by atoms with Gasteiger partial charge in [0.1, 0.15) is 6.07 Å². The van der Waals surface area contributed by atoms with Gasteiger partial charge in [-0.25, -0.2) is 0 Å². The second-order valence-electron chi connectivity index (χ2n) is 12.3. The Bertz CT molecular complexity index is 2970. The van der Waals surface area contributed by atoms with Crippen molar-refractivity contribution in [2.24, 2.45) is 0 Å². The fraction of sp³-hybridized carbons (Fsp3) is 0. The van der Waals surface area contributed by atoms with Gasteiger partial charge in [0.05, 0.1) is 56.6 Å². The molecule has 0 radical (unpaired) electrons. The van der Waals surface area contributed by atoms with Crippen molar-refractivity contribution in [2.45, 2.75) is 0 Å². The number of aromatic nitrogens is 2. The molecule has 0 fully saturated rings. The number of hydrogen-bond donors (Lipinski definition) is 0. The Labute approximate surface area is 287 Å². The first-order valence-electron chi connectivity index (χ1n) is 16.3. The monoisotopic (exact) mass is 635 g/mol. The molecule has 0 amide bonds. The largest absolute Gasteiger partial charge is 0.309 e. The van der Waals surface area contributed by atoms with Gasteiger partial charge in [-0.05, 0) is 83.4 Å². The van der Waals surface area contributed by atoms with Crippen LogP contribution in [0.2, 0.25) is 0 Å². The lowest BCUT2D eigenvalue weighted by atomic mass is 9.95. The molecule has 7 aromatic carbocycles. The van der Waals surface area contributed by atoms with E-state index in [1.54, 1.807) is 0 Å². The number of fused-ring (bicyclic) bond motifs is 6. The average Bonchev–Trinajstić information content (AvgIpc) is 3.70. The molecule has 5 nitrogen and oxygen atoms in total. The van der Waals surface area contributed by atoms with E-state index in [9.17, 15) is 15.8 Å². The lowest BCUT2D eigenvalue weighted by Gasteiger charge is -2.13. The van der Waals surface area contributed by atoms with Crippen molar-refractivity contribution >= 4 is 43.6 Å². The topological polar surface area (TPSA) is 81.2 Å². The summed E-state index contributed by atoms with van der Waals surface area (Å²) in [6.45, 7) is 0. The van der Waals surface area contributed by atoms with E-state index in [4.69, 9.17) is 0 Å². The standard InChI is InChI=1S/C45H25N5/c46-26-29-9-5-13-34(23-29)49-42-22-21-30(27-47)24-39(42)37-17-7-16-36(45(37)49)32-12-6-11-31(25-32)35-15-8-20-43-44(35)38-14-2-4-19-41(38)50(43)40-18-3-1-10-33(40)28-48/h1-25H. The number of nitrogens with zero attached hydrogens (tertiary/aromatic N) is 5. The fourth-order valence-electron chi connectivity index (χ4n) is 7.49. The van der Waals surface area contributed by atoms with E-state index in [-0.39, 0.29) is 0 Å². The van der Waals surface area contributed by atoms with E-state index >= 15 is 0 Å². The quantitative estimate of drug-likeness (QED) is 0.193. The van der Waals surface area contributed by atoms with Gasteiger partial charge in [0.15, 0.2) is 0 Å². The van der Waals surface area contributed by atoms with Crippen LogP contribution in [0.1, 0.15) is 16.7 Å². The summed E-state index contributed by atoms with van der Waals surface area (Å²) in [5, 5.41) is 33.8. The van der Waals surface area contributed by atoms with Crippen LogP contribution in [0.4, 0.5) is 0 Å². The zero-order chi connectivity index (χ0) is 33.8. The van der Waals surface area contributed by atoms with Gasteiger partial charge in [0.2, 0.25) is 0 Å². The van der Waals surface area contributed by atoms with Crippen LogP contribution in [0, 0.1) is 34.0 Å². The zero-order valence-corrected chi connectivity index (χ0v) is 26.7. The van der Waals surface area contributed by atoms with E-state index in [0.29, 0.717) is 16.7 Å². The summed E-state index contributed by atoms with van der Waals surface area (Å²) in [5.41, 5.74) is 11.8. The van der Waals surface area contributed by atoms with Crippen molar-refractivity contribution in [1.82, 2.24) is 9.13 Å². The van der Waals surface area contributed by atoms with Crippen LogP contribution in [0.15, 0.2) is 152 Å². The fourth-order valence-corrected chi connectivity index (χ4v) is 7.49. The Balaban J connectivity index is 1.31. The van der Waals surface area contributed by atoms with Crippen LogP contribution in [0.25, 0.3) is 77.2 Å². The summed E-state index contributed by atoms with van der Waals surface area (Å²) in [7, 11) is 0. The maximum atomic E-state index is 10.0. The number of hydrogen-bond acceptors (Lipinski definition) is 3. The van der Waals surface area contributed by atoms with Crippen molar-refractivity contribution in [1.29, 1.82) is 15.8 Å². The summed E-state index contributed by atoms with van der Waals surface area (Å²) in [4.78, 5) is 0. The molecule has 230 valence electrons. The summed E-state index contributed by atoms with van der Waals surface area (Å²) >= 11 is 0. The van der Waals surface area contributed by atoms with E-state index in [1.807, 2.05) is 72.8 Å². The zero-order valence-electron chi connectivity index (χ0n) is 26.7. The Kier molecular flexibility index (Phi) is 6.56. The predicted molar refractivity (Wildman–Crippen MR) is 200 cm³/mol. The maximum absolute atomic E-state index is 10.0. The second kappa shape index (κ2) is 11.4. The first-order valence-corrected chi connectivity index (χ1v) is 16.3. The minimum Gasteiger partial charge on any atom is -0.309 e. The minimum absolute atomic E-state index is 0.579. The van der Waals surface area contributed by atoms with E-state index in [1.165, 1.54) is 0 Å². The summed E-state index contributed by atoms with van der Waals surface area (Å²) in [6.07, 6.45) is 0. The predicted octanol–water partition coefficient (Wildman–Crippen LogP) is 10.8. The molecule has 2 aromatic heterocycles. The SMILES string of the molecule is N#Cc1cccc(-n2c3ccc(C#N)cc3c3cccc(-c4cccc(-c5cccc6c5c5ccccc5n6-c5ccccc5C#N)c4)c32)c1. The molecule has 0 aliphatic carbocycles. The Morgan fingerprint density at radius 3 is 1.94 bits per heavy atom. The number of nitriles is 3. The van der Waals surface area contributed by atoms with Crippen LogP contribution in [0.3, 0.4) is 0 Å². The van der Waals surface area contributed by atoms with Crippen LogP contribution in [-0.4, -0.2) is 9.13 Å². The van der Waals surface area contributed by atoms with Crippen molar-refractivity contribution < 1.29 is 0 Å². The molecule has 0 aliphatic rings. The molecule has 9 aromatic rings. The average molecular weight is 636 g/mol. The molecule has 0 spiro atoms. The first-order chi connectivity index (χ1) is 24.7. The third-order valence-electron chi connectivity index (χ3n) is 9.60. The number of para-hydroxylation sites is 3.